The van der Waals surface area contributed by atoms with Crippen LogP contribution in [0.5, 0.6) is 5.75 Å². The van der Waals surface area contributed by atoms with E-state index in [4.69, 9.17) is 16.3 Å². The van der Waals surface area contributed by atoms with Crippen molar-refractivity contribution in [3.63, 3.8) is 0 Å². The molecule has 0 saturated heterocycles. The SMILES string of the molecule is CNC(C)c1cc(OC)ccc1Cl. The van der Waals surface area contributed by atoms with Crippen LogP contribution >= 0.6 is 11.6 Å². The van der Waals surface area contributed by atoms with Crippen LogP contribution in [0.3, 0.4) is 0 Å². The molecular weight excluding hydrogens is 186 g/mol. The molecule has 0 radical (unpaired) electrons. The molecule has 0 bridgehead atoms. The Balaban J connectivity index is 3.03. The van der Waals surface area contributed by atoms with E-state index >= 15 is 0 Å². The minimum absolute atomic E-state index is 0.239. The van der Waals surface area contributed by atoms with Gasteiger partial charge in [-0.3, -0.25) is 0 Å². The lowest BCUT2D eigenvalue weighted by atomic mass is 10.1. The molecule has 0 aliphatic heterocycles. The van der Waals surface area contributed by atoms with Gasteiger partial charge in [0, 0.05) is 11.1 Å². The topological polar surface area (TPSA) is 21.3 Å². The lowest BCUT2D eigenvalue weighted by Crippen LogP contribution is -2.12. The Labute approximate surface area is 83.9 Å². The second kappa shape index (κ2) is 4.49. The third-order valence-corrected chi connectivity index (χ3v) is 2.45. The maximum Gasteiger partial charge on any atom is 0.119 e. The zero-order valence-electron chi connectivity index (χ0n) is 8.10. The fourth-order valence-corrected chi connectivity index (χ4v) is 1.42. The predicted octanol–water partition coefficient (Wildman–Crippen LogP) is 2.63. The Kier molecular flexibility index (Phi) is 3.58. The van der Waals surface area contributed by atoms with Crippen molar-refractivity contribution in [2.45, 2.75) is 13.0 Å². The van der Waals surface area contributed by atoms with Gasteiger partial charge in [-0.15, -0.1) is 0 Å². The summed E-state index contributed by atoms with van der Waals surface area (Å²) in [6.07, 6.45) is 0. The summed E-state index contributed by atoms with van der Waals surface area (Å²) in [7, 11) is 3.55. The average molecular weight is 200 g/mol. The summed E-state index contributed by atoms with van der Waals surface area (Å²) in [5.41, 5.74) is 1.06. The summed E-state index contributed by atoms with van der Waals surface area (Å²) in [6, 6.07) is 5.89. The van der Waals surface area contributed by atoms with Crippen LogP contribution in [-0.4, -0.2) is 14.2 Å². The van der Waals surface area contributed by atoms with Crippen LogP contribution in [0.2, 0.25) is 5.02 Å². The Morgan fingerprint density at radius 2 is 2.15 bits per heavy atom. The summed E-state index contributed by atoms with van der Waals surface area (Å²) >= 11 is 6.03. The molecule has 1 N–H and O–H groups in total. The first-order chi connectivity index (χ1) is 6.19. The maximum absolute atomic E-state index is 6.03. The molecule has 2 nitrogen and oxygen atoms in total. The number of nitrogens with one attached hydrogen (secondary N) is 1. The number of hydrogen-bond acceptors (Lipinski definition) is 2. The van der Waals surface area contributed by atoms with Crippen molar-refractivity contribution in [3.05, 3.63) is 28.8 Å². The van der Waals surface area contributed by atoms with E-state index in [1.54, 1.807) is 7.11 Å². The van der Waals surface area contributed by atoms with E-state index in [1.165, 1.54) is 0 Å². The zero-order valence-corrected chi connectivity index (χ0v) is 8.85. The van der Waals surface area contributed by atoms with Gasteiger partial charge in [-0.1, -0.05) is 11.6 Å². The monoisotopic (exact) mass is 199 g/mol. The van der Waals surface area contributed by atoms with Gasteiger partial charge in [-0.05, 0) is 37.7 Å². The Morgan fingerprint density at radius 3 is 2.69 bits per heavy atom. The van der Waals surface area contributed by atoms with E-state index in [-0.39, 0.29) is 6.04 Å². The maximum atomic E-state index is 6.03. The van der Waals surface area contributed by atoms with Gasteiger partial charge in [0.1, 0.15) is 5.75 Å². The van der Waals surface area contributed by atoms with Crippen molar-refractivity contribution in [2.24, 2.45) is 0 Å². The number of ether oxygens (including phenoxy) is 1. The molecular formula is C10H14ClNO. The zero-order chi connectivity index (χ0) is 9.84. The number of halogens is 1. The van der Waals surface area contributed by atoms with Crippen LogP contribution in [0.15, 0.2) is 18.2 Å². The summed E-state index contributed by atoms with van der Waals surface area (Å²) < 4.78 is 5.12. The summed E-state index contributed by atoms with van der Waals surface area (Å²) in [5, 5.41) is 3.90. The lowest BCUT2D eigenvalue weighted by Gasteiger charge is -2.13. The summed E-state index contributed by atoms with van der Waals surface area (Å²) in [5.74, 6) is 0.835. The molecule has 0 aromatic heterocycles. The third-order valence-electron chi connectivity index (χ3n) is 2.10. The molecule has 1 unspecified atom stereocenters. The van der Waals surface area contributed by atoms with Crippen molar-refractivity contribution < 1.29 is 4.74 Å². The van der Waals surface area contributed by atoms with Crippen molar-refractivity contribution in [3.8, 4) is 5.75 Å². The first-order valence-electron chi connectivity index (χ1n) is 4.19. The molecule has 1 atom stereocenters. The van der Waals surface area contributed by atoms with E-state index in [9.17, 15) is 0 Å². The van der Waals surface area contributed by atoms with Gasteiger partial charge in [0.15, 0.2) is 0 Å². The van der Waals surface area contributed by atoms with E-state index in [0.29, 0.717) is 0 Å². The minimum atomic E-state index is 0.239. The fourth-order valence-electron chi connectivity index (χ4n) is 1.14. The van der Waals surface area contributed by atoms with Gasteiger partial charge < -0.3 is 10.1 Å². The molecule has 0 spiro atoms. The van der Waals surface area contributed by atoms with Crippen LogP contribution in [0.25, 0.3) is 0 Å². The van der Waals surface area contributed by atoms with E-state index < -0.39 is 0 Å². The molecule has 13 heavy (non-hydrogen) atoms. The molecule has 72 valence electrons. The van der Waals surface area contributed by atoms with Gasteiger partial charge in [-0.25, -0.2) is 0 Å². The molecule has 0 heterocycles. The lowest BCUT2D eigenvalue weighted by molar-refractivity contribution is 0.413. The van der Waals surface area contributed by atoms with Crippen molar-refractivity contribution >= 4 is 11.6 Å². The molecule has 1 aromatic rings. The van der Waals surface area contributed by atoms with Gasteiger partial charge in [0.25, 0.3) is 0 Å². The van der Waals surface area contributed by atoms with Crippen LogP contribution in [0, 0.1) is 0 Å². The minimum Gasteiger partial charge on any atom is -0.497 e. The molecule has 0 saturated carbocycles. The summed E-state index contributed by atoms with van der Waals surface area (Å²) in [6.45, 7) is 2.06. The molecule has 0 amide bonds. The third kappa shape index (κ3) is 2.36. The first kappa shape index (κ1) is 10.4. The number of benzene rings is 1. The number of methoxy groups -OCH3 is 1. The quantitative estimate of drug-likeness (QED) is 0.808. The van der Waals surface area contributed by atoms with Gasteiger partial charge in [0.2, 0.25) is 0 Å². The van der Waals surface area contributed by atoms with Gasteiger partial charge in [-0.2, -0.15) is 0 Å². The molecule has 1 rings (SSSR count). The Bertz CT molecular complexity index is 288. The molecule has 0 aliphatic carbocycles. The molecule has 3 heteroatoms. The van der Waals surface area contributed by atoms with Gasteiger partial charge >= 0.3 is 0 Å². The van der Waals surface area contributed by atoms with Crippen LogP contribution < -0.4 is 10.1 Å². The van der Waals surface area contributed by atoms with E-state index in [1.807, 2.05) is 25.2 Å². The normalized spacial score (nSPS) is 12.6. The van der Waals surface area contributed by atoms with Crippen molar-refractivity contribution in [2.75, 3.05) is 14.2 Å². The van der Waals surface area contributed by atoms with E-state index in [2.05, 4.69) is 12.2 Å². The Hall–Kier alpha value is -0.730. The largest absolute Gasteiger partial charge is 0.497 e. The van der Waals surface area contributed by atoms with Crippen LogP contribution in [-0.2, 0) is 0 Å². The van der Waals surface area contributed by atoms with Crippen molar-refractivity contribution in [1.29, 1.82) is 0 Å². The number of hydrogen-bond donors (Lipinski definition) is 1. The highest BCUT2D eigenvalue weighted by Gasteiger charge is 2.08. The average Bonchev–Trinajstić information content (AvgIpc) is 2.17. The van der Waals surface area contributed by atoms with Gasteiger partial charge in [0.05, 0.1) is 7.11 Å². The summed E-state index contributed by atoms with van der Waals surface area (Å²) in [4.78, 5) is 0. The van der Waals surface area contributed by atoms with Crippen LogP contribution in [0.4, 0.5) is 0 Å². The molecule has 0 aliphatic rings. The smallest absolute Gasteiger partial charge is 0.119 e. The highest BCUT2D eigenvalue weighted by atomic mass is 35.5. The van der Waals surface area contributed by atoms with E-state index in [0.717, 1.165) is 16.3 Å². The highest BCUT2D eigenvalue weighted by molar-refractivity contribution is 6.31. The highest BCUT2D eigenvalue weighted by Crippen LogP contribution is 2.26. The second-order valence-electron chi connectivity index (χ2n) is 2.90. The number of rotatable bonds is 3. The van der Waals surface area contributed by atoms with Crippen LogP contribution in [0.1, 0.15) is 18.5 Å². The predicted molar refractivity (Wildman–Crippen MR) is 55.5 cm³/mol. The molecule has 1 aromatic carbocycles. The Morgan fingerprint density at radius 1 is 1.46 bits per heavy atom. The fraction of sp³-hybridized carbons (Fsp3) is 0.400. The van der Waals surface area contributed by atoms with Crippen molar-refractivity contribution in [1.82, 2.24) is 5.32 Å². The standard InChI is InChI=1S/C10H14ClNO/c1-7(12-2)9-6-8(13-3)4-5-10(9)11/h4-7,12H,1-3H3. The first-order valence-corrected chi connectivity index (χ1v) is 4.57. The molecule has 0 fully saturated rings. The second-order valence-corrected chi connectivity index (χ2v) is 3.31.